The molecule has 0 spiro atoms. The fourth-order valence-corrected chi connectivity index (χ4v) is 7.11. The smallest absolute Gasteiger partial charge is 0.480 e. The second-order valence-corrected chi connectivity index (χ2v) is 12.8. The van der Waals surface area contributed by atoms with E-state index < -0.39 is 30.1 Å². The van der Waals surface area contributed by atoms with E-state index in [1.807, 2.05) is 72.8 Å². The number of carbonyl (C=O) groups is 2. The molecule has 0 saturated carbocycles. The summed E-state index contributed by atoms with van der Waals surface area (Å²) in [5, 5.41) is 12.6. The average molecular weight is 646 g/mol. The van der Waals surface area contributed by atoms with Crippen LogP contribution in [0.2, 0.25) is 0 Å². The number of carboxylic acids is 1. The van der Waals surface area contributed by atoms with Crippen LogP contribution in [0.5, 0.6) is 0 Å². The van der Waals surface area contributed by atoms with Crippen LogP contribution in [0.3, 0.4) is 0 Å². The minimum absolute atomic E-state index is 0.0756. The van der Waals surface area contributed by atoms with E-state index in [1.165, 1.54) is 16.7 Å². The van der Waals surface area contributed by atoms with Crippen LogP contribution in [0.1, 0.15) is 16.7 Å². The van der Waals surface area contributed by atoms with Gasteiger partial charge in [-0.1, -0.05) is 109 Å². The van der Waals surface area contributed by atoms with Crippen molar-refractivity contribution in [3.05, 3.63) is 138 Å². The van der Waals surface area contributed by atoms with Crippen molar-refractivity contribution in [3.63, 3.8) is 0 Å². The first kappa shape index (κ1) is 34.6. The summed E-state index contributed by atoms with van der Waals surface area (Å²) < 4.78 is 43.7. The first-order chi connectivity index (χ1) is 21.0. The lowest BCUT2D eigenvalue weighted by Crippen LogP contribution is -2.44. The number of rotatable bonds is 12. The molecule has 0 aliphatic rings. The third-order valence-corrected chi connectivity index (χ3v) is 9.86. The van der Waals surface area contributed by atoms with Gasteiger partial charge >= 0.3 is 19.3 Å². The molecular weight excluding hydrogens is 613 g/mol. The number of hydrogen-bond donors (Lipinski definition) is 2. The van der Waals surface area contributed by atoms with Gasteiger partial charge in [-0.25, -0.2) is 9.59 Å². The Hall–Kier alpha value is -3.90. The summed E-state index contributed by atoms with van der Waals surface area (Å²) in [6.07, 6.45) is 1.38. The topological polar surface area (TPSA) is 75.6 Å². The number of halogens is 4. The quantitative estimate of drug-likeness (QED) is 0.0723. The molecule has 0 aromatic heterocycles. The zero-order valence-electron chi connectivity index (χ0n) is 23.8. The van der Waals surface area contributed by atoms with E-state index in [-0.39, 0.29) is 23.3 Å². The third-order valence-electron chi connectivity index (χ3n) is 6.37. The second-order valence-electron chi connectivity index (χ2n) is 9.41. The van der Waals surface area contributed by atoms with Gasteiger partial charge in [0.25, 0.3) is 0 Å². The van der Waals surface area contributed by atoms with Crippen molar-refractivity contribution < 1.29 is 36.7 Å². The van der Waals surface area contributed by atoms with Crippen molar-refractivity contribution in [2.24, 2.45) is 0 Å². The van der Waals surface area contributed by atoms with E-state index in [1.54, 1.807) is 0 Å². The summed E-state index contributed by atoms with van der Waals surface area (Å²) in [4.78, 5) is 26.0. The van der Waals surface area contributed by atoms with Crippen molar-refractivity contribution in [2.75, 3.05) is 24.4 Å². The molecule has 0 radical (unpaired) electrons. The Morgan fingerprint density at radius 1 is 0.795 bits per heavy atom. The van der Waals surface area contributed by atoms with Crippen LogP contribution in [0.4, 0.5) is 22.1 Å². The lowest BCUT2D eigenvalue weighted by atomic mass is 9.84. The number of amides is 1. The van der Waals surface area contributed by atoms with Gasteiger partial charge in [-0.2, -0.15) is 0 Å². The van der Waals surface area contributed by atoms with Crippen LogP contribution in [-0.2, 0) is 25.2 Å². The van der Waals surface area contributed by atoms with Crippen LogP contribution in [0.15, 0.2) is 126 Å². The predicted octanol–water partition coefficient (Wildman–Crippen LogP) is 7.50. The first-order valence-corrected chi connectivity index (χ1v) is 16.3. The third kappa shape index (κ3) is 10.7. The number of ether oxygens (including phenoxy) is 1. The molecule has 0 bridgehead atoms. The number of hydrogen-bond acceptors (Lipinski definition) is 4. The van der Waals surface area contributed by atoms with Gasteiger partial charge in [0, 0.05) is 16.6 Å². The molecule has 0 saturated heterocycles. The molecule has 4 aromatic rings. The standard InChI is InChI=1S/C32H31NO4S2.BF4/c1-39(28-20-12-5-13-21-28)23-22-37-31(36)33-29(30(34)35)24-38-32(25-14-6-2-7-15-25,26-16-8-3-9-17-26)27-18-10-4-11-19-27;2-1(3,4)5/h2-21,29H,22-24H2,1H3,(H-,33,34,35,36);/q;-1/p+1/t29-,39?;/m0./s1. The number of carbonyl (C=O) groups excluding carboxylic acids is 1. The molecule has 1 unspecified atom stereocenters. The van der Waals surface area contributed by atoms with E-state index in [0.717, 1.165) is 16.7 Å². The highest BCUT2D eigenvalue weighted by Gasteiger charge is 2.38. The molecule has 2 N–H and O–H groups in total. The zero-order chi connectivity index (χ0) is 32.0. The molecule has 0 aliphatic heterocycles. The summed E-state index contributed by atoms with van der Waals surface area (Å²) in [6.45, 7) is 0.210. The Balaban J connectivity index is 0.000000978. The van der Waals surface area contributed by atoms with Crippen LogP contribution in [0.25, 0.3) is 0 Å². The van der Waals surface area contributed by atoms with Crippen LogP contribution < -0.4 is 5.32 Å². The Labute approximate surface area is 261 Å². The molecule has 0 heterocycles. The molecular formula is C32H32BF4NO4S2. The maximum Gasteiger partial charge on any atom is 0.673 e. The number of benzene rings is 4. The van der Waals surface area contributed by atoms with Gasteiger partial charge in [0.1, 0.15) is 24.7 Å². The van der Waals surface area contributed by atoms with Crippen molar-refractivity contribution in [3.8, 4) is 0 Å². The molecule has 5 nitrogen and oxygen atoms in total. The van der Waals surface area contributed by atoms with Gasteiger partial charge in [-0.15, -0.1) is 11.8 Å². The Bertz CT molecular complexity index is 1330. The molecule has 0 fully saturated rings. The van der Waals surface area contributed by atoms with E-state index in [2.05, 4.69) is 60.1 Å². The summed E-state index contributed by atoms with van der Waals surface area (Å²) in [6, 6.07) is 39.0. The number of carboxylic acid groups (broad SMARTS) is 1. The second kappa shape index (κ2) is 16.8. The number of nitrogens with one attached hydrogen (secondary N) is 1. The maximum absolute atomic E-state index is 12.6. The average Bonchev–Trinajstić information content (AvgIpc) is 3.02. The Morgan fingerprint density at radius 2 is 1.18 bits per heavy atom. The van der Waals surface area contributed by atoms with E-state index in [0.29, 0.717) is 5.75 Å². The summed E-state index contributed by atoms with van der Waals surface area (Å²) in [5.41, 5.74) is 3.07. The normalized spacial score (nSPS) is 12.7. The summed E-state index contributed by atoms with van der Waals surface area (Å²) >= 11 is 1.48. The van der Waals surface area contributed by atoms with Crippen molar-refractivity contribution >= 4 is 42.0 Å². The lowest BCUT2D eigenvalue weighted by molar-refractivity contribution is -0.138. The highest BCUT2D eigenvalue weighted by atomic mass is 32.2. The maximum atomic E-state index is 12.6. The molecule has 2 atom stereocenters. The van der Waals surface area contributed by atoms with E-state index in [9.17, 15) is 32.0 Å². The van der Waals surface area contributed by atoms with Gasteiger partial charge < -0.3 is 32.4 Å². The van der Waals surface area contributed by atoms with Crippen molar-refractivity contribution in [1.82, 2.24) is 5.32 Å². The highest BCUT2D eigenvalue weighted by Crippen LogP contribution is 2.48. The van der Waals surface area contributed by atoms with Crippen molar-refractivity contribution in [1.29, 1.82) is 0 Å². The van der Waals surface area contributed by atoms with E-state index >= 15 is 0 Å². The summed E-state index contributed by atoms with van der Waals surface area (Å²) in [7, 11) is -6.08. The molecule has 4 rings (SSSR count). The fraction of sp³-hybridized carbons (Fsp3) is 0.188. The van der Waals surface area contributed by atoms with Crippen LogP contribution >= 0.6 is 11.8 Å². The molecule has 232 valence electrons. The van der Waals surface area contributed by atoms with Gasteiger partial charge in [0.2, 0.25) is 0 Å². The van der Waals surface area contributed by atoms with Gasteiger partial charge in [0.15, 0.2) is 4.90 Å². The Morgan fingerprint density at radius 3 is 1.57 bits per heavy atom. The molecule has 0 aliphatic carbocycles. The number of thioether (sulfide) groups is 1. The molecule has 4 aromatic carbocycles. The Kier molecular flexibility index (Phi) is 13.2. The monoisotopic (exact) mass is 645 g/mol. The first-order valence-electron chi connectivity index (χ1n) is 13.5. The van der Waals surface area contributed by atoms with Crippen LogP contribution in [-0.4, -0.2) is 54.8 Å². The molecule has 12 heteroatoms. The number of alkyl carbamates (subject to hydrolysis) is 1. The van der Waals surface area contributed by atoms with Crippen molar-refractivity contribution in [2.45, 2.75) is 15.7 Å². The van der Waals surface area contributed by atoms with E-state index in [4.69, 9.17) is 4.74 Å². The van der Waals surface area contributed by atoms with Gasteiger partial charge in [-0.3, -0.25) is 0 Å². The molecule has 44 heavy (non-hydrogen) atoms. The summed E-state index contributed by atoms with van der Waals surface area (Å²) in [5.74, 6) is -0.309. The number of aliphatic carboxylic acids is 1. The van der Waals surface area contributed by atoms with Gasteiger partial charge in [-0.05, 0) is 28.8 Å². The lowest BCUT2D eigenvalue weighted by Gasteiger charge is -2.36. The SMILES string of the molecule is C[S+](CCOC(=O)N[C@@H](CSC(c1ccccc1)(c1ccccc1)c1ccccc1)C(=O)O)c1ccccc1.F[B-](F)(F)F. The largest absolute Gasteiger partial charge is 0.673 e. The zero-order valence-corrected chi connectivity index (χ0v) is 25.5. The van der Waals surface area contributed by atoms with Gasteiger partial charge in [0.05, 0.1) is 4.75 Å². The molecule has 1 amide bonds. The highest BCUT2D eigenvalue weighted by molar-refractivity contribution is 8.00. The fourth-order valence-electron chi connectivity index (χ4n) is 4.37. The predicted molar refractivity (Wildman–Crippen MR) is 171 cm³/mol. The minimum Gasteiger partial charge on any atom is -0.480 e. The minimum atomic E-state index is -6.00. The van der Waals surface area contributed by atoms with Crippen LogP contribution in [0, 0.1) is 0 Å².